The van der Waals surface area contributed by atoms with Crippen LogP contribution in [0.5, 0.6) is 11.5 Å². The number of methoxy groups -OCH3 is 2. The van der Waals surface area contributed by atoms with E-state index >= 15 is 0 Å². The molecular formula is C27H24ClNO5. The van der Waals surface area contributed by atoms with E-state index in [0.717, 1.165) is 11.1 Å². The molecule has 0 saturated heterocycles. The molecule has 4 rings (SSSR count). The minimum Gasteiger partial charge on any atom is -0.496 e. The third-order valence-corrected chi connectivity index (χ3v) is 5.94. The van der Waals surface area contributed by atoms with Gasteiger partial charge in [-0.05, 0) is 48.4 Å². The van der Waals surface area contributed by atoms with E-state index in [4.69, 9.17) is 25.5 Å². The lowest BCUT2D eigenvalue weighted by Gasteiger charge is -2.15. The van der Waals surface area contributed by atoms with Crippen LogP contribution in [0.1, 0.15) is 16.7 Å². The van der Waals surface area contributed by atoms with E-state index in [1.807, 2.05) is 37.3 Å². The van der Waals surface area contributed by atoms with Crippen LogP contribution in [-0.4, -0.2) is 20.1 Å². The zero-order chi connectivity index (χ0) is 24.2. The molecule has 0 aliphatic heterocycles. The van der Waals surface area contributed by atoms with Gasteiger partial charge in [0.1, 0.15) is 17.1 Å². The zero-order valence-corrected chi connectivity index (χ0v) is 19.9. The molecule has 174 valence electrons. The molecule has 0 radical (unpaired) electrons. The van der Waals surface area contributed by atoms with Gasteiger partial charge in [0.2, 0.25) is 5.91 Å². The standard InChI is InChI=1S/C27H24ClNO5/c1-16-7-4-5-8-18(16)26-19-13-17(28)11-12-24(19)34-27(31)20(26)14-25(30)29-15-21-22(32-2)9-6-10-23(21)33-3/h4-13H,14-15H2,1-3H3,(H,29,30). The van der Waals surface area contributed by atoms with Crippen LogP contribution in [0.15, 0.2) is 69.9 Å². The van der Waals surface area contributed by atoms with Gasteiger partial charge in [0.15, 0.2) is 0 Å². The Morgan fingerprint density at radius 2 is 1.68 bits per heavy atom. The highest BCUT2D eigenvalue weighted by Gasteiger charge is 2.21. The number of aryl methyl sites for hydroxylation is 1. The van der Waals surface area contributed by atoms with Gasteiger partial charge in [0.25, 0.3) is 0 Å². The molecule has 0 bridgehead atoms. The number of halogens is 1. The van der Waals surface area contributed by atoms with E-state index in [0.29, 0.717) is 38.6 Å². The molecule has 1 N–H and O–H groups in total. The normalized spacial score (nSPS) is 10.8. The third-order valence-electron chi connectivity index (χ3n) is 5.71. The summed E-state index contributed by atoms with van der Waals surface area (Å²) in [6.07, 6.45) is -0.161. The highest BCUT2D eigenvalue weighted by atomic mass is 35.5. The number of benzene rings is 3. The van der Waals surface area contributed by atoms with Crippen LogP contribution in [0.3, 0.4) is 0 Å². The quantitative estimate of drug-likeness (QED) is 0.365. The van der Waals surface area contributed by atoms with Gasteiger partial charge in [0, 0.05) is 16.0 Å². The van der Waals surface area contributed by atoms with E-state index in [1.54, 1.807) is 44.6 Å². The predicted molar refractivity (Wildman–Crippen MR) is 133 cm³/mol. The summed E-state index contributed by atoms with van der Waals surface area (Å²) in [5.74, 6) is 0.858. The van der Waals surface area contributed by atoms with E-state index < -0.39 is 5.63 Å². The first-order valence-corrected chi connectivity index (χ1v) is 11.1. The van der Waals surface area contributed by atoms with Crippen molar-refractivity contribution in [3.63, 3.8) is 0 Å². The van der Waals surface area contributed by atoms with Crippen LogP contribution in [0.4, 0.5) is 0 Å². The highest BCUT2D eigenvalue weighted by Crippen LogP contribution is 2.34. The van der Waals surface area contributed by atoms with Crippen LogP contribution in [-0.2, 0) is 17.8 Å². The van der Waals surface area contributed by atoms with Gasteiger partial charge in [-0.2, -0.15) is 0 Å². The smallest absolute Gasteiger partial charge is 0.340 e. The van der Waals surface area contributed by atoms with Crippen LogP contribution in [0.2, 0.25) is 5.02 Å². The van der Waals surface area contributed by atoms with Gasteiger partial charge in [0.05, 0.1) is 38.3 Å². The van der Waals surface area contributed by atoms with Crippen LogP contribution >= 0.6 is 11.6 Å². The molecule has 4 aromatic rings. The molecule has 1 amide bonds. The number of carbonyl (C=O) groups is 1. The Kier molecular flexibility index (Phi) is 6.89. The molecule has 0 spiro atoms. The predicted octanol–water partition coefficient (Wildman–Crippen LogP) is 5.30. The van der Waals surface area contributed by atoms with E-state index in [1.165, 1.54) is 0 Å². The second kappa shape index (κ2) is 10.0. The molecule has 34 heavy (non-hydrogen) atoms. The molecular weight excluding hydrogens is 454 g/mol. The first kappa shape index (κ1) is 23.4. The van der Waals surface area contributed by atoms with Crippen molar-refractivity contribution in [3.05, 3.63) is 92.8 Å². The Bertz CT molecular complexity index is 1400. The largest absolute Gasteiger partial charge is 0.496 e. The van der Waals surface area contributed by atoms with Crippen molar-refractivity contribution in [2.45, 2.75) is 19.9 Å². The number of ether oxygens (including phenoxy) is 2. The number of amides is 1. The second-order valence-electron chi connectivity index (χ2n) is 7.79. The fraction of sp³-hybridized carbons (Fsp3) is 0.185. The average Bonchev–Trinajstić information content (AvgIpc) is 2.84. The lowest BCUT2D eigenvalue weighted by molar-refractivity contribution is -0.120. The number of hydrogen-bond acceptors (Lipinski definition) is 5. The van der Waals surface area contributed by atoms with Crippen molar-refractivity contribution in [1.29, 1.82) is 0 Å². The van der Waals surface area contributed by atoms with Crippen LogP contribution in [0.25, 0.3) is 22.1 Å². The summed E-state index contributed by atoms with van der Waals surface area (Å²) < 4.78 is 16.3. The summed E-state index contributed by atoms with van der Waals surface area (Å²) in [4.78, 5) is 26.0. The lowest BCUT2D eigenvalue weighted by Crippen LogP contribution is -2.27. The number of nitrogens with one attached hydrogen (secondary N) is 1. The van der Waals surface area contributed by atoms with Crippen molar-refractivity contribution in [3.8, 4) is 22.6 Å². The van der Waals surface area contributed by atoms with Crippen molar-refractivity contribution in [2.75, 3.05) is 14.2 Å². The Hall–Kier alpha value is -3.77. The van der Waals surface area contributed by atoms with Gasteiger partial charge in [-0.1, -0.05) is 41.9 Å². The second-order valence-corrected chi connectivity index (χ2v) is 8.23. The van der Waals surface area contributed by atoms with Crippen molar-refractivity contribution >= 4 is 28.5 Å². The topological polar surface area (TPSA) is 77.8 Å². The first-order valence-electron chi connectivity index (χ1n) is 10.7. The number of hydrogen-bond donors (Lipinski definition) is 1. The average molecular weight is 478 g/mol. The van der Waals surface area contributed by atoms with Crippen molar-refractivity contribution < 1.29 is 18.7 Å². The first-order chi connectivity index (χ1) is 16.4. The maximum Gasteiger partial charge on any atom is 0.340 e. The number of carbonyl (C=O) groups excluding carboxylic acids is 1. The van der Waals surface area contributed by atoms with E-state index in [2.05, 4.69) is 5.32 Å². The molecule has 3 aromatic carbocycles. The molecule has 6 nitrogen and oxygen atoms in total. The SMILES string of the molecule is COc1cccc(OC)c1CNC(=O)Cc1c(-c2ccccc2C)c2cc(Cl)ccc2oc1=O. The highest BCUT2D eigenvalue weighted by molar-refractivity contribution is 6.31. The Morgan fingerprint density at radius 3 is 2.35 bits per heavy atom. The van der Waals surface area contributed by atoms with Crippen LogP contribution in [0, 0.1) is 6.92 Å². The monoisotopic (exact) mass is 477 g/mol. The third kappa shape index (κ3) is 4.63. The summed E-state index contributed by atoms with van der Waals surface area (Å²) in [5.41, 5.74) is 3.29. The van der Waals surface area contributed by atoms with Gasteiger partial charge < -0.3 is 19.2 Å². The maximum absolute atomic E-state index is 13.0. The van der Waals surface area contributed by atoms with Crippen LogP contribution < -0.4 is 20.4 Å². The summed E-state index contributed by atoms with van der Waals surface area (Å²) in [6.45, 7) is 2.13. The van der Waals surface area contributed by atoms with Gasteiger partial charge in [-0.25, -0.2) is 4.79 Å². The fourth-order valence-corrected chi connectivity index (χ4v) is 4.22. The molecule has 0 unspecified atom stereocenters. The molecule has 0 aliphatic carbocycles. The summed E-state index contributed by atoms with van der Waals surface area (Å²) in [5, 5.41) is 4.06. The number of rotatable bonds is 7. The Morgan fingerprint density at radius 1 is 0.971 bits per heavy atom. The molecule has 1 aromatic heterocycles. The lowest BCUT2D eigenvalue weighted by atomic mass is 9.92. The fourth-order valence-electron chi connectivity index (χ4n) is 4.05. The van der Waals surface area contributed by atoms with Gasteiger partial charge in [-0.15, -0.1) is 0 Å². The van der Waals surface area contributed by atoms with E-state index in [9.17, 15) is 9.59 Å². The van der Waals surface area contributed by atoms with Crippen molar-refractivity contribution in [2.24, 2.45) is 0 Å². The molecule has 0 saturated carbocycles. The summed E-state index contributed by atoms with van der Waals surface area (Å²) in [7, 11) is 3.11. The molecule has 7 heteroatoms. The zero-order valence-electron chi connectivity index (χ0n) is 19.1. The van der Waals surface area contributed by atoms with E-state index in [-0.39, 0.29) is 24.4 Å². The summed E-state index contributed by atoms with van der Waals surface area (Å²) in [6, 6.07) is 18.2. The maximum atomic E-state index is 13.0. The molecule has 0 fully saturated rings. The Balaban J connectivity index is 1.74. The minimum absolute atomic E-state index is 0.161. The van der Waals surface area contributed by atoms with Gasteiger partial charge >= 0.3 is 5.63 Å². The Labute approximate surface area is 202 Å². The summed E-state index contributed by atoms with van der Waals surface area (Å²) >= 11 is 6.27. The number of fused-ring (bicyclic) bond motifs is 1. The minimum atomic E-state index is -0.557. The molecule has 0 aliphatic rings. The van der Waals surface area contributed by atoms with Crippen molar-refractivity contribution in [1.82, 2.24) is 5.32 Å². The van der Waals surface area contributed by atoms with Gasteiger partial charge in [-0.3, -0.25) is 4.79 Å². The molecule has 1 heterocycles. The molecule has 0 atom stereocenters.